The van der Waals surface area contributed by atoms with Gasteiger partial charge in [-0.3, -0.25) is 0 Å². The van der Waals surface area contributed by atoms with Crippen molar-refractivity contribution in [2.24, 2.45) is 7.05 Å². The summed E-state index contributed by atoms with van der Waals surface area (Å²) in [6.45, 7) is 0.663. The summed E-state index contributed by atoms with van der Waals surface area (Å²) in [7, 11) is 3.58. The van der Waals surface area contributed by atoms with Crippen molar-refractivity contribution in [1.82, 2.24) is 4.57 Å². The first-order chi connectivity index (χ1) is 8.74. The van der Waals surface area contributed by atoms with E-state index in [2.05, 4.69) is 11.4 Å². The molecule has 0 spiro atoms. The van der Waals surface area contributed by atoms with E-state index < -0.39 is 0 Å². The van der Waals surface area contributed by atoms with E-state index in [9.17, 15) is 0 Å². The van der Waals surface area contributed by atoms with Crippen molar-refractivity contribution in [3.63, 3.8) is 0 Å². The molecule has 0 aliphatic rings. The van der Waals surface area contributed by atoms with Gasteiger partial charge in [0.25, 0.3) is 0 Å². The van der Waals surface area contributed by atoms with Gasteiger partial charge in [-0.05, 0) is 23.8 Å². The summed E-state index contributed by atoms with van der Waals surface area (Å²) in [6, 6.07) is 9.63. The lowest BCUT2D eigenvalue weighted by molar-refractivity contribution is 0.416. The van der Waals surface area contributed by atoms with Crippen LogP contribution in [0, 0.1) is 11.3 Å². The monoisotopic (exact) mass is 241 g/mol. The summed E-state index contributed by atoms with van der Waals surface area (Å²) in [6.07, 6.45) is 4.03. The summed E-state index contributed by atoms with van der Waals surface area (Å²) in [5.41, 5.74) is 2.49. The van der Waals surface area contributed by atoms with Gasteiger partial charge >= 0.3 is 0 Å². The fourth-order valence-corrected chi connectivity index (χ4v) is 1.83. The molecule has 0 fully saturated rings. The Balaban J connectivity index is 2.20. The number of hydrogen-bond donors (Lipinski definition) is 1. The zero-order valence-electron chi connectivity index (χ0n) is 10.5. The van der Waals surface area contributed by atoms with Crippen LogP contribution in [0.25, 0.3) is 0 Å². The molecular weight excluding hydrogens is 226 g/mol. The van der Waals surface area contributed by atoms with E-state index in [-0.39, 0.29) is 0 Å². The number of nitriles is 1. The minimum absolute atomic E-state index is 0.588. The Bertz CT molecular complexity index is 581. The second kappa shape index (κ2) is 5.28. The molecule has 0 bridgehead atoms. The van der Waals surface area contributed by atoms with Gasteiger partial charge in [-0.25, -0.2) is 0 Å². The van der Waals surface area contributed by atoms with Crippen LogP contribution in [-0.4, -0.2) is 11.7 Å². The molecule has 0 saturated heterocycles. The number of aryl methyl sites for hydroxylation is 1. The van der Waals surface area contributed by atoms with Crippen LogP contribution in [0.15, 0.2) is 36.7 Å². The Labute approximate surface area is 106 Å². The number of ether oxygens (including phenoxy) is 1. The molecule has 4 heteroatoms. The maximum absolute atomic E-state index is 9.09. The van der Waals surface area contributed by atoms with Crippen molar-refractivity contribution in [2.75, 3.05) is 12.4 Å². The predicted molar refractivity (Wildman–Crippen MR) is 70.4 cm³/mol. The highest BCUT2D eigenvalue weighted by Gasteiger charge is 2.08. The molecule has 18 heavy (non-hydrogen) atoms. The van der Waals surface area contributed by atoms with Crippen LogP contribution in [-0.2, 0) is 13.6 Å². The maximum atomic E-state index is 9.09. The van der Waals surface area contributed by atoms with E-state index in [1.54, 1.807) is 13.2 Å². The molecule has 2 aromatic rings. The highest BCUT2D eigenvalue weighted by Crippen LogP contribution is 2.28. The highest BCUT2D eigenvalue weighted by molar-refractivity contribution is 5.66. The van der Waals surface area contributed by atoms with Crippen LogP contribution in [0.4, 0.5) is 5.69 Å². The van der Waals surface area contributed by atoms with E-state index in [4.69, 9.17) is 10.00 Å². The first kappa shape index (κ1) is 12.1. The van der Waals surface area contributed by atoms with Crippen LogP contribution in [0.3, 0.4) is 0 Å². The summed E-state index contributed by atoms with van der Waals surface area (Å²) in [5, 5.41) is 12.3. The largest absolute Gasteiger partial charge is 0.495 e. The Kier molecular flexibility index (Phi) is 3.54. The molecule has 0 aliphatic carbocycles. The molecule has 0 radical (unpaired) electrons. The third-order valence-corrected chi connectivity index (χ3v) is 2.73. The van der Waals surface area contributed by atoms with Gasteiger partial charge < -0.3 is 14.6 Å². The zero-order chi connectivity index (χ0) is 13.0. The molecule has 0 saturated carbocycles. The topological polar surface area (TPSA) is 50.0 Å². The number of aromatic nitrogens is 1. The minimum atomic E-state index is 0.588. The van der Waals surface area contributed by atoms with Gasteiger partial charge in [0, 0.05) is 26.0 Å². The number of hydrogen-bond acceptors (Lipinski definition) is 3. The second-order valence-electron chi connectivity index (χ2n) is 4.03. The molecule has 92 valence electrons. The molecule has 0 atom stereocenters. The third-order valence-electron chi connectivity index (χ3n) is 2.73. The van der Waals surface area contributed by atoms with Gasteiger partial charge in [-0.1, -0.05) is 6.07 Å². The molecular formula is C14H15N3O. The van der Waals surface area contributed by atoms with Crippen molar-refractivity contribution >= 4 is 5.69 Å². The summed E-state index contributed by atoms with van der Waals surface area (Å²) in [4.78, 5) is 0. The van der Waals surface area contributed by atoms with E-state index >= 15 is 0 Å². The lowest BCUT2D eigenvalue weighted by Crippen LogP contribution is -2.02. The molecule has 4 nitrogen and oxygen atoms in total. The molecule has 0 unspecified atom stereocenters. The van der Waals surface area contributed by atoms with Crippen LogP contribution < -0.4 is 10.1 Å². The Morgan fingerprint density at radius 1 is 1.39 bits per heavy atom. The van der Waals surface area contributed by atoms with Gasteiger partial charge in [-0.2, -0.15) is 5.26 Å². The highest BCUT2D eigenvalue weighted by atomic mass is 16.5. The number of rotatable bonds is 4. The SMILES string of the molecule is COc1cccc(C#N)c1NCc1ccn(C)c1. The molecule has 2 rings (SSSR count). The van der Waals surface area contributed by atoms with Gasteiger partial charge in [-0.15, -0.1) is 0 Å². The van der Waals surface area contributed by atoms with Crippen LogP contribution in [0.1, 0.15) is 11.1 Å². The van der Waals surface area contributed by atoms with Crippen LogP contribution in [0.5, 0.6) is 5.75 Å². The maximum Gasteiger partial charge on any atom is 0.143 e. The summed E-state index contributed by atoms with van der Waals surface area (Å²) in [5.74, 6) is 0.685. The van der Waals surface area contributed by atoms with E-state index in [0.717, 1.165) is 11.3 Å². The number of para-hydroxylation sites is 1. The number of nitrogens with zero attached hydrogens (tertiary/aromatic N) is 2. The van der Waals surface area contributed by atoms with Crippen LogP contribution in [0.2, 0.25) is 0 Å². The lowest BCUT2D eigenvalue weighted by Gasteiger charge is -2.11. The fraction of sp³-hybridized carbons (Fsp3) is 0.214. The van der Waals surface area contributed by atoms with E-state index in [1.807, 2.05) is 42.2 Å². The first-order valence-corrected chi connectivity index (χ1v) is 5.66. The molecule has 1 aromatic carbocycles. The normalized spacial score (nSPS) is 9.83. The van der Waals surface area contributed by atoms with Gasteiger partial charge in [0.05, 0.1) is 18.4 Å². The third kappa shape index (κ3) is 2.46. The second-order valence-corrected chi connectivity index (χ2v) is 4.03. The standard InChI is InChI=1S/C14H15N3O/c1-17-7-6-11(10-17)9-16-14-12(8-15)4-3-5-13(14)18-2/h3-7,10,16H,9H2,1-2H3. The fourth-order valence-electron chi connectivity index (χ4n) is 1.83. The van der Waals surface area contributed by atoms with Crippen molar-refractivity contribution in [3.8, 4) is 11.8 Å². The molecule has 1 aromatic heterocycles. The molecule has 1 N–H and O–H groups in total. The number of methoxy groups -OCH3 is 1. The molecule has 0 aliphatic heterocycles. The zero-order valence-corrected chi connectivity index (χ0v) is 10.5. The minimum Gasteiger partial charge on any atom is -0.495 e. The van der Waals surface area contributed by atoms with Gasteiger partial charge in [0.15, 0.2) is 0 Å². The Morgan fingerprint density at radius 3 is 2.83 bits per heavy atom. The van der Waals surface area contributed by atoms with Crippen molar-refractivity contribution in [2.45, 2.75) is 6.54 Å². The summed E-state index contributed by atoms with van der Waals surface area (Å²) >= 11 is 0. The quantitative estimate of drug-likeness (QED) is 0.894. The lowest BCUT2D eigenvalue weighted by atomic mass is 10.1. The number of nitrogens with one attached hydrogen (secondary N) is 1. The van der Waals surface area contributed by atoms with Gasteiger partial charge in [0.2, 0.25) is 0 Å². The summed E-state index contributed by atoms with van der Waals surface area (Å²) < 4.78 is 7.25. The number of anilines is 1. The predicted octanol–water partition coefficient (Wildman–Crippen LogP) is 2.52. The van der Waals surface area contributed by atoms with E-state index in [1.165, 1.54) is 0 Å². The average Bonchev–Trinajstić information content (AvgIpc) is 2.81. The smallest absolute Gasteiger partial charge is 0.143 e. The Hall–Kier alpha value is -2.41. The molecule has 0 amide bonds. The van der Waals surface area contributed by atoms with Crippen molar-refractivity contribution in [3.05, 3.63) is 47.8 Å². The number of benzene rings is 1. The van der Waals surface area contributed by atoms with E-state index in [0.29, 0.717) is 17.9 Å². The van der Waals surface area contributed by atoms with Crippen LogP contribution >= 0.6 is 0 Å². The van der Waals surface area contributed by atoms with Crippen molar-refractivity contribution in [1.29, 1.82) is 5.26 Å². The average molecular weight is 241 g/mol. The van der Waals surface area contributed by atoms with Gasteiger partial charge in [0.1, 0.15) is 11.8 Å². The molecule has 1 heterocycles. The first-order valence-electron chi connectivity index (χ1n) is 5.66. The van der Waals surface area contributed by atoms with Crippen molar-refractivity contribution < 1.29 is 4.74 Å². The Morgan fingerprint density at radius 2 is 2.22 bits per heavy atom.